The largest absolute Gasteiger partial charge is 0.310 e. The molecule has 0 aliphatic rings. The van der Waals surface area contributed by atoms with Crippen LogP contribution in [0.5, 0.6) is 0 Å². The van der Waals surface area contributed by atoms with Gasteiger partial charge in [0, 0.05) is 29.3 Å². The number of nitrogens with zero attached hydrogens (tertiary/aromatic N) is 2. The van der Waals surface area contributed by atoms with Crippen LogP contribution in [0.1, 0.15) is 0 Å². The zero-order valence-corrected chi connectivity index (χ0v) is 13.8. The third-order valence-corrected chi connectivity index (χ3v) is 4.17. The maximum atomic E-state index is 4.15. The number of aromatic nitrogens is 1. The molecule has 0 amide bonds. The molecule has 0 N–H and O–H groups in total. The van der Waals surface area contributed by atoms with E-state index in [0.717, 1.165) is 22.6 Å². The highest BCUT2D eigenvalue weighted by atomic mass is 15.1. The van der Waals surface area contributed by atoms with E-state index >= 15 is 0 Å². The standard InChI is InChI=1S/C23H18N2/c1-3-9-20(10-4-1)25(21-11-5-2-6-12-21)23-14-8-7-13-22(23)19-15-17-24-18-16-19/h1-18H. The molecule has 1 heterocycles. The van der Waals surface area contributed by atoms with Gasteiger partial charge in [0.2, 0.25) is 0 Å². The molecular formula is C23H18N2. The zero-order chi connectivity index (χ0) is 16.9. The Hall–Kier alpha value is -3.39. The van der Waals surface area contributed by atoms with Gasteiger partial charge in [0.25, 0.3) is 0 Å². The van der Waals surface area contributed by atoms with E-state index in [-0.39, 0.29) is 0 Å². The normalized spacial score (nSPS) is 10.4. The van der Waals surface area contributed by atoms with E-state index in [9.17, 15) is 0 Å². The van der Waals surface area contributed by atoms with Crippen molar-refractivity contribution >= 4 is 17.1 Å². The lowest BCUT2D eigenvalue weighted by molar-refractivity contribution is 1.28. The lowest BCUT2D eigenvalue weighted by Crippen LogP contribution is -2.10. The number of anilines is 3. The van der Waals surface area contributed by atoms with Crippen LogP contribution >= 0.6 is 0 Å². The van der Waals surface area contributed by atoms with Crippen LogP contribution in [0.4, 0.5) is 17.1 Å². The lowest BCUT2D eigenvalue weighted by atomic mass is 10.0. The highest BCUT2D eigenvalue weighted by molar-refractivity contribution is 5.87. The van der Waals surface area contributed by atoms with Crippen molar-refractivity contribution in [1.29, 1.82) is 0 Å². The van der Waals surface area contributed by atoms with E-state index in [4.69, 9.17) is 0 Å². The van der Waals surface area contributed by atoms with Gasteiger partial charge in [-0.25, -0.2) is 0 Å². The number of para-hydroxylation sites is 3. The molecule has 3 aromatic carbocycles. The molecule has 0 aliphatic carbocycles. The van der Waals surface area contributed by atoms with Crippen LogP contribution in [0.15, 0.2) is 109 Å². The van der Waals surface area contributed by atoms with Gasteiger partial charge in [-0.05, 0) is 48.0 Å². The first-order valence-electron chi connectivity index (χ1n) is 8.33. The molecule has 0 unspecified atom stereocenters. The number of hydrogen-bond donors (Lipinski definition) is 0. The summed E-state index contributed by atoms with van der Waals surface area (Å²) >= 11 is 0. The van der Waals surface area contributed by atoms with Crippen LogP contribution in [0, 0.1) is 0 Å². The summed E-state index contributed by atoms with van der Waals surface area (Å²) in [5, 5.41) is 0. The SMILES string of the molecule is c1ccc(N(c2ccccc2)c2ccccc2-c2ccncc2)cc1. The molecule has 0 saturated heterocycles. The van der Waals surface area contributed by atoms with E-state index in [2.05, 4.69) is 82.7 Å². The van der Waals surface area contributed by atoms with Crippen molar-refractivity contribution in [2.75, 3.05) is 4.90 Å². The van der Waals surface area contributed by atoms with Gasteiger partial charge in [0.1, 0.15) is 0 Å². The molecule has 0 atom stereocenters. The molecule has 2 heteroatoms. The fourth-order valence-electron chi connectivity index (χ4n) is 3.03. The Morgan fingerprint density at radius 3 is 1.64 bits per heavy atom. The summed E-state index contributed by atoms with van der Waals surface area (Å²) in [7, 11) is 0. The molecule has 0 bridgehead atoms. The Kier molecular flexibility index (Phi) is 4.25. The Morgan fingerprint density at radius 1 is 0.520 bits per heavy atom. The molecule has 0 fully saturated rings. The Labute approximate surface area is 148 Å². The smallest absolute Gasteiger partial charge is 0.0540 e. The summed E-state index contributed by atoms with van der Waals surface area (Å²) in [6.45, 7) is 0. The fraction of sp³-hybridized carbons (Fsp3) is 0. The molecule has 1 aromatic heterocycles. The summed E-state index contributed by atoms with van der Waals surface area (Å²) in [5.41, 5.74) is 5.75. The topological polar surface area (TPSA) is 16.1 Å². The van der Waals surface area contributed by atoms with Crippen LogP contribution in [0.25, 0.3) is 11.1 Å². The van der Waals surface area contributed by atoms with Gasteiger partial charge in [-0.3, -0.25) is 4.98 Å². The Morgan fingerprint density at radius 2 is 1.04 bits per heavy atom. The van der Waals surface area contributed by atoms with Crippen molar-refractivity contribution in [2.24, 2.45) is 0 Å². The summed E-state index contributed by atoms with van der Waals surface area (Å²) < 4.78 is 0. The fourth-order valence-corrected chi connectivity index (χ4v) is 3.03. The van der Waals surface area contributed by atoms with Crippen LogP contribution < -0.4 is 4.90 Å². The van der Waals surface area contributed by atoms with Gasteiger partial charge in [-0.15, -0.1) is 0 Å². The van der Waals surface area contributed by atoms with Crippen LogP contribution in [0.3, 0.4) is 0 Å². The second-order valence-corrected chi connectivity index (χ2v) is 5.76. The number of pyridine rings is 1. The number of hydrogen-bond acceptors (Lipinski definition) is 2. The minimum absolute atomic E-state index is 1.13. The van der Waals surface area contributed by atoms with Crippen molar-refractivity contribution in [1.82, 2.24) is 4.98 Å². The molecular weight excluding hydrogens is 304 g/mol. The van der Waals surface area contributed by atoms with Gasteiger partial charge in [-0.2, -0.15) is 0 Å². The third-order valence-electron chi connectivity index (χ3n) is 4.17. The summed E-state index contributed by atoms with van der Waals surface area (Å²) in [4.78, 5) is 6.44. The molecule has 120 valence electrons. The average molecular weight is 322 g/mol. The summed E-state index contributed by atoms with van der Waals surface area (Å²) in [6.07, 6.45) is 3.67. The minimum Gasteiger partial charge on any atom is -0.310 e. The summed E-state index contributed by atoms with van der Waals surface area (Å²) in [6, 6.07) is 33.5. The molecule has 0 spiro atoms. The van der Waals surface area contributed by atoms with Crippen molar-refractivity contribution in [3.05, 3.63) is 109 Å². The van der Waals surface area contributed by atoms with Crippen LogP contribution in [-0.2, 0) is 0 Å². The minimum atomic E-state index is 1.13. The predicted octanol–water partition coefficient (Wildman–Crippen LogP) is 6.22. The van der Waals surface area contributed by atoms with Crippen molar-refractivity contribution < 1.29 is 0 Å². The van der Waals surface area contributed by atoms with E-state index in [0.29, 0.717) is 0 Å². The monoisotopic (exact) mass is 322 g/mol. The first-order valence-corrected chi connectivity index (χ1v) is 8.33. The Bertz CT molecular complexity index is 896. The maximum Gasteiger partial charge on any atom is 0.0540 e. The molecule has 0 aliphatic heterocycles. The van der Waals surface area contributed by atoms with Crippen LogP contribution in [0.2, 0.25) is 0 Å². The second-order valence-electron chi connectivity index (χ2n) is 5.76. The van der Waals surface area contributed by atoms with Gasteiger partial charge < -0.3 is 4.90 Å². The van der Waals surface area contributed by atoms with E-state index in [1.54, 1.807) is 0 Å². The zero-order valence-electron chi connectivity index (χ0n) is 13.8. The molecule has 4 rings (SSSR count). The van der Waals surface area contributed by atoms with Crippen molar-refractivity contribution in [3.63, 3.8) is 0 Å². The molecule has 0 radical (unpaired) electrons. The average Bonchev–Trinajstić information content (AvgIpc) is 2.71. The van der Waals surface area contributed by atoms with Crippen molar-refractivity contribution in [2.45, 2.75) is 0 Å². The molecule has 0 saturated carbocycles. The predicted molar refractivity (Wildman–Crippen MR) is 104 cm³/mol. The first kappa shape index (κ1) is 15.2. The molecule has 4 aromatic rings. The summed E-state index contributed by atoms with van der Waals surface area (Å²) in [5.74, 6) is 0. The quantitative estimate of drug-likeness (QED) is 0.443. The second kappa shape index (κ2) is 7.02. The van der Waals surface area contributed by atoms with Gasteiger partial charge >= 0.3 is 0 Å². The highest BCUT2D eigenvalue weighted by Gasteiger charge is 2.15. The number of benzene rings is 3. The van der Waals surface area contributed by atoms with Gasteiger partial charge in [-0.1, -0.05) is 54.6 Å². The van der Waals surface area contributed by atoms with Crippen LogP contribution in [-0.4, -0.2) is 4.98 Å². The lowest BCUT2D eigenvalue weighted by Gasteiger charge is -2.27. The maximum absolute atomic E-state index is 4.15. The third kappa shape index (κ3) is 3.15. The molecule has 25 heavy (non-hydrogen) atoms. The van der Waals surface area contributed by atoms with Gasteiger partial charge in [0.05, 0.1) is 5.69 Å². The highest BCUT2D eigenvalue weighted by Crippen LogP contribution is 2.39. The van der Waals surface area contributed by atoms with Gasteiger partial charge in [0.15, 0.2) is 0 Å². The first-order chi connectivity index (χ1) is 12.4. The molecule has 2 nitrogen and oxygen atoms in total. The Balaban J connectivity index is 1.93. The number of rotatable bonds is 4. The van der Waals surface area contributed by atoms with E-state index < -0.39 is 0 Å². The van der Waals surface area contributed by atoms with Crippen molar-refractivity contribution in [3.8, 4) is 11.1 Å². The van der Waals surface area contributed by atoms with E-state index in [1.807, 2.05) is 36.7 Å². The van der Waals surface area contributed by atoms with E-state index in [1.165, 1.54) is 5.56 Å².